The van der Waals surface area contributed by atoms with Gasteiger partial charge in [-0.3, -0.25) is 5.43 Å². The molecule has 0 aliphatic rings. The Bertz CT molecular complexity index is 912. The molecule has 0 aromatic heterocycles. The summed E-state index contributed by atoms with van der Waals surface area (Å²) in [5, 5.41) is 4.83. The number of rotatable bonds is 7. The van der Waals surface area contributed by atoms with Crippen LogP contribution in [0, 0.1) is 5.82 Å². The Balaban J connectivity index is 1.63. The molecule has 0 aliphatic carbocycles. The summed E-state index contributed by atoms with van der Waals surface area (Å²) in [5.74, 6) is 0.953. The van der Waals surface area contributed by atoms with E-state index in [-0.39, 0.29) is 5.82 Å². The zero-order valence-electron chi connectivity index (χ0n) is 14.7. The quantitative estimate of drug-likeness (QED) is 0.431. The Morgan fingerprint density at radius 3 is 2.44 bits per heavy atom. The second-order valence-corrected chi connectivity index (χ2v) is 6.14. The van der Waals surface area contributed by atoms with Crippen molar-refractivity contribution in [2.75, 3.05) is 12.5 Å². The maximum atomic E-state index is 12.9. The number of hydrogen-bond acceptors (Lipinski definition) is 4. The SMILES string of the molecule is COc1cc(/C=N/Nc2ccc(F)cc2)ccc1OCc1ccc(Cl)cc1. The molecule has 0 atom stereocenters. The fourth-order valence-corrected chi connectivity index (χ4v) is 2.46. The monoisotopic (exact) mass is 384 g/mol. The molecule has 6 heteroatoms. The van der Waals surface area contributed by atoms with Gasteiger partial charge in [0.1, 0.15) is 12.4 Å². The number of nitrogens with one attached hydrogen (secondary N) is 1. The van der Waals surface area contributed by atoms with Crippen molar-refractivity contribution in [1.82, 2.24) is 0 Å². The van der Waals surface area contributed by atoms with Gasteiger partial charge in [-0.1, -0.05) is 23.7 Å². The zero-order valence-corrected chi connectivity index (χ0v) is 15.4. The molecule has 0 fully saturated rings. The van der Waals surface area contributed by atoms with Crippen LogP contribution < -0.4 is 14.9 Å². The van der Waals surface area contributed by atoms with Gasteiger partial charge in [-0.05, 0) is 65.7 Å². The Kier molecular flexibility index (Phi) is 6.28. The summed E-state index contributed by atoms with van der Waals surface area (Å²) in [5.41, 5.74) is 5.38. The second kappa shape index (κ2) is 9.05. The van der Waals surface area contributed by atoms with Crippen LogP contribution in [0.2, 0.25) is 5.02 Å². The number of nitrogens with zero attached hydrogens (tertiary/aromatic N) is 1. The van der Waals surface area contributed by atoms with Crippen molar-refractivity contribution in [3.8, 4) is 11.5 Å². The van der Waals surface area contributed by atoms with Gasteiger partial charge in [-0.15, -0.1) is 0 Å². The Labute approximate surface area is 162 Å². The highest BCUT2D eigenvalue weighted by Gasteiger charge is 2.06. The van der Waals surface area contributed by atoms with Gasteiger partial charge >= 0.3 is 0 Å². The van der Waals surface area contributed by atoms with E-state index in [1.54, 1.807) is 25.5 Å². The average molecular weight is 385 g/mol. The van der Waals surface area contributed by atoms with E-state index in [1.807, 2.05) is 42.5 Å². The molecule has 3 aromatic carbocycles. The number of hydrazone groups is 1. The number of hydrogen-bond donors (Lipinski definition) is 1. The minimum absolute atomic E-state index is 0.288. The molecule has 0 amide bonds. The van der Waals surface area contributed by atoms with Crippen molar-refractivity contribution in [3.05, 3.63) is 88.7 Å². The second-order valence-electron chi connectivity index (χ2n) is 5.70. The summed E-state index contributed by atoms with van der Waals surface area (Å²) in [6.45, 7) is 0.410. The van der Waals surface area contributed by atoms with Gasteiger partial charge in [0, 0.05) is 5.02 Å². The van der Waals surface area contributed by atoms with E-state index in [0.29, 0.717) is 28.8 Å². The van der Waals surface area contributed by atoms with Gasteiger partial charge in [0.15, 0.2) is 11.5 Å². The van der Waals surface area contributed by atoms with E-state index < -0.39 is 0 Å². The van der Waals surface area contributed by atoms with Gasteiger partial charge in [0.2, 0.25) is 0 Å². The molecule has 0 heterocycles. The van der Waals surface area contributed by atoms with Crippen molar-refractivity contribution < 1.29 is 13.9 Å². The predicted molar refractivity (Wildman–Crippen MR) is 106 cm³/mol. The normalized spacial score (nSPS) is 10.8. The Morgan fingerprint density at radius 2 is 1.74 bits per heavy atom. The molecular weight excluding hydrogens is 367 g/mol. The van der Waals surface area contributed by atoms with Crippen LogP contribution in [0.1, 0.15) is 11.1 Å². The average Bonchev–Trinajstić information content (AvgIpc) is 2.69. The highest BCUT2D eigenvalue weighted by Crippen LogP contribution is 2.28. The summed E-state index contributed by atoms with van der Waals surface area (Å²) in [4.78, 5) is 0. The van der Waals surface area contributed by atoms with Crippen molar-refractivity contribution in [3.63, 3.8) is 0 Å². The van der Waals surface area contributed by atoms with Crippen LogP contribution in [0.5, 0.6) is 11.5 Å². The van der Waals surface area contributed by atoms with Crippen molar-refractivity contribution >= 4 is 23.5 Å². The van der Waals surface area contributed by atoms with Crippen molar-refractivity contribution in [1.29, 1.82) is 0 Å². The third kappa shape index (κ3) is 5.46. The minimum Gasteiger partial charge on any atom is -0.493 e. The van der Waals surface area contributed by atoms with Gasteiger partial charge in [-0.2, -0.15) is 5.10 Å². The van der Waals surface area contributed by atoms with Gasteiger partial charge < -0.3 is 9.47 Å². The molecular formula is C21H18ClFN2O2. The summed E-state index contributed by atoms with van der Waals surface area (Å²) in [6.07, 6.45) is 1.65. The third-order valence-electron chi connectivity index (χ3n) is 3.75. The number of ether oxygens (including phenoxy) is 2. The Hall–Kier alpha value is -3.05. The first-order chi connectivity index (χ1) is 13.1. The predicted octanol–water partition coefficient (Wildman–Crippen LogP) is 5.51. The Morgan fingerprint density at radius 1 is 1.00 bits per heavy atom. The number of methoxy groups -OCH3 is 1. The lowest BCUT2D eigenvalue weighted by Gasteiger charge is -2.11. The molecule has 1 N–H and O–H groups in total. The van der Waals surface area contributed by atoms with E-state index in [9.17, 15) is 4.39 Å². The molecule has 3 rings (SSSR count). The number of anilines is 1. The molecule has 0 unspecified atom stereocenters. The zero-order chi connectivity index (χ0) is 19.1. The molecule has 27 heavy (non-hydrogen) atoms. The molecule has 0 saturated heterocycles. The minimum atomic E-state index is -0.288. The molecule has 4 nitrogen and oxygen atoms in total. The first kappa shape index (κ1) is 18.7. The third-order valence-corrected chi connectivity index (χ3v) is 4.00. The van der Waals surface area contributed by atoms with Crippen molar-refractivity contribution in [2.24, 2.45) is 5.10 Å². The van der Waals surface area contributed by atoms with Crippen LogP contribution >= 0.6 is 11.6 Å². The maximum absolute atomic E-state index is 12.9. The first-order valence-corrected chi connectivity index (χ1v) is 8.62. The van der Waals surface area contributed by atoms with Crippen LogP contribution in [-0.2, 0) is 6.61 Å². The fourth-order valence-electron chi connectivity index (χ4n) is 2.33. The van der Waals surface area contributed by atoms with Crippen LogP contribution in [0.4, 0.5) is 10.1 Å². The number of benzene rings is 3. The van der Waals surface area contributed by atoms with Crippen LogP contribution in [0.15, 0.2) is 71.8 Å². The van der Waals surface area contributed by atoms with Crippen molar-refractivity contribution in [2.45, 2.75) is 6.61 Å². The van der Waals surface area contributed by atoms with E-state index in [4.69, 9.17) is 21.1 Å². The number of halogens is 2. The smallest absolute Gasteiger partial charge is 0.161 e. The molecule has 138 valence electrons. The van der Waals surface area contributed by atoms with E-state index in [2.05, 4.69) is 10.5 Å². The van der Waals surface area contributed by atoms with Gasteiger partial charge in [0.25, 0.3) is 0 Å². The lowest BCUT2D eigenvalue weighted by molar-refractivity contribution is 0.284. The summed E-state index contributed by atoms with van der Waals surface area (Å²) < 4.78 is 24.1. The van der Waals surface area contributed by atoms with Crippen LogP contribution in [-0.4, -0.2) is 13.3 Å². The molecule has 0 bridgehead atoms. The maximum Gasteiger partial charge on any atom is 0.161 e. The molecule has 0 aliphatic heterocycles. The lowest BCUT2D eigenvalue weighted by atomic mass is 10.2. The van der Waals surface area contributed by atoms with Gasteiger partial charge in [0.05, 0.1) is 19.0 Å². The largest absolute Gasteiger partial charge is 0.493 e. The topological polar surface area (TPSA) is 42.8 Å². The van der Waals surface area contributed by atoms with Crippen LogP contribution in [0.3, 0.4) is 0 Å². The fraction of sp³-hybridized carbons (Fsp3) is 0.0952. The lowest BCUT2D eigenvalue weighted by Crippen LogP contribution is -1.98. The molecule has 0 radical (unpaired) electrons. The molecule has 0 spiro atoms. The first-order valence-electron chi connectivity index (χ1n) is 8.24. The molecule has 0 saturated carbocycles. The van der Waals surface area contributed by atoms with Crippen LogP contribution in [0.25, 0.3) is 0 Å². The highest BCUT2D eigenvalue weighted by atomic mass is 35.5. The molecule has 3 aromatic rings. The highest BCUT2D eigenvalue weighted by molar-refractivity contribution is 6.30. The van der Waals surface area contributed by atoms with E-state index in [1.165, 1.54) is 12.1 Å². The van der Waals surface area contributed by atoms with E-state index >= 15 is 0 Å². The van der Waals surface area contributed by atoms with Gasteiger partial charge in [-0.25, -0.2) is 4.39 Å². The van der Waals surface area contributed by atoms with E-state index in [0.717, 1.165) is 11.1 Å². The standard InChI is InChI=1S/C21H18ClFN2O2/c1-26-21-12-16(13-24-25-19-9-7-18(23)8-10-19)4-11-20(21)27-14-15-2-5-17(22)6-3-15/h2-13,25H,14H2,1H3/b24-13+. The summed E-state index contributed by atoms with van der Waals surface area (Å²) >= 11 is 5.89. The summed E-state index contributed by atoms with van der Waals surface area (Å²) in [6, 6.07) is 19.0. The summed E-state index contributed by atoms with van der Waals surface area (Å²) in [7, 11) is 1.59.